The largest absolute Gasteiger partial charge is 0.508 e. The fourth-order valence-corrected chi connectivity index (χ4v) is 3.12. The third kappa shape index (κ3) is 2.61. The van der Waals surface area contributed by atoms with Crippen molar-refractivity contribution in [3.63, 3.8) is 0 Å². The van der Waals surface area contributed by atoms with E-state index in [2.05, 4.69) is 10.3 Å². The molecule has 1 aliphatic rings. The summed E-state index contributed by atoms with van der Waals surface area (Å²) in [5.41, 5.74) is 0. The van der Waals surface area contributed by atoms with E-state index in [1.54, 1.807) is 18.3 Å². The molecule has 3 rings (SSSR count). The number of aromatic hydroxyl groups is 1. The molecule has 3 nitrogen and oxygen atoms in total. The first kappa shape index (κ1) is 12.5. The molecule has 0 aliphatic heterocycles. The second-order valence-electron chi connectivity index (χ2n) is 5.15. The first-order valence-electron chi connectivity index (χ1n) is 6.70. The standard InChI is InChI=1S/C15H17ClN2O/c16-14-3-1-2-11(14)9-18-15-13-8-12(19)5-4-10(13)6-7-17-15/h4-8,11,14,19H,1-3,9H2,(H,17,18). The third-order valence-corrected chi connectivity index (χ3v) is 4.42. The predicted octanol–water partition coefficient (Wildman–Crippen LogP) is 3.76. The van der Waals surface area contributed by atoms with Crippen molar-refractivity contribution in [2.24, 2.45) is 5.92 Å². The SMILES string of the molecule is Oc1ccc2ccnc(NCC3CCCC3Cl)c2c1. The normalized spacial score (nSPS) is 22.8. The Morgan fingerprint density at radius 2 is 2.21 bits per heavy atom. The molecule has 2 unspecified atom stereocenters. The molecule has 1 saturated carbocycles. The molecule has 1 aromatic heterocycles. The Hall–Kier alpha value is -1.48. The predicted molar refractivity (Wildman–Crippen MR) is 78.9 cm³/mol. The van der Waals surface area contributed by atoms with E-state index in [0.29, 0.717) is 5.92 Å². The highest BCUT2D eigenvalue weighted by Crippen LogP contribution is 2.31. The minimum Gasteiger partial charge on any atom is -0.508 e. The Morgan fingerprint density at radius 1 is 1.32 bits per heavy atom. The van der Waals surface area contributed by atoms with Gasteiger partial charge in [-0.25, -0.2) is 4.98 Å². The lowest BCUT2D eigenvalue weighted by molar-refractivity contribution is 0.476. The third-order valence-electron chi connectivity index (χ3n) is 3.85. The zero-order valence-electron chi connectivity index (χ0n) is 10.6. The minimum absolute atomic E-state index is 0.264. The topological polar surface area (TPSA) is 45.2 Å². The fraction of sp³-hybridized carbons (Fsp3) is 0.400. The molecule has 19 heavy (non-hydrogen) atoms. The molecule has 100 valence electrons. The Kier molecular flexibility index (Phi) is 3.47. The monoisotopic (exact) mass is 276 g/mol. The van der Waals surface area contributed by atoms with Crippen LogP contribution in [0.4, 0.5) is 5.82 Å². The van der Waals surface area contributed by atoms with Gasteiger partial charge in [-0.2, -0.15) is 0 Å². The Morgan fingerprint density at radius 3 is 3.00 bits per heavy atom. The van der Waals surface area contributed by atoms with E-state index in [9.17, 15) is 5.11 Å². The number of hydrogen-bond donors (Lipinski definition) is 2. The van der Waals surface area contributed by atoms with Crippen LogP contribution in [0.1, 0.15) is 19.3 Å². The molecule has 2 N–H and O–H groups in total. The van der Waals surface area contributed by atoms with Gasteiger partial charge < -0.3 is 10.4 Å². The Balaban J connectivity index is 1.82. The van der Waals surface area contributed by atoms with Crippen molar-refractivity contribution >= 4 is 28.2 Å². The van der Waals surface area contributed by atoms with Crippen LogP contribution in [-0.2, 0) is 0 Å². The van der Waals surface area contributed by atoms with E-state index >= 15 is 0 Å². The average Bonchev–Trinajstić information content (AvgIpc) is 2.82. The van der Waals surface area contributed by atoms with Crippen molar-refractivity contribution < 1.29 is 5.11 Å². The molecular weight excluding hydrogens is 260 g/mol. The van der Waals surface area contributed by atoms with Gasteiger partial charge in [-0.05, 0) is 42.3 Å². The van der Waals surface area contributed by atoms with Crippen LogP contribution in [0, 0.1) is 5.92 Å². The summed E-state index contributed by atoms with van der Waals surface area (Å²) in [4.78, 5) is 4.37. The highest BCUT2D eigenvalue weighted by Gasteiger charge is 2.25. The van der Waals surface area contributed by atoms with Crippen molar-refractivity contribution in [1.82, 2.24) is 4.98 Å². The number of rotatable bonds is 3. The van der Waals surface area contributed by atoms with Gasteiger partial charge in [0.15, 0.2) is 0 Å². The number of nitrogens with one attached hydrogen (secondary N) is 1. The number of nitrogens with zero attached hydrogens (tertiary/aromatic N) is 1. The molecule has 0 amide bonds. The van der Waals surface area contributed by atoms with Gasteiger partial charge in [-0.1, -0.05) is 12.5 Å². The quantitative estimate of drug-likeness (QED) is 0.839. The van der Waals surface area contributed by atoms with Crippen LogP contribution in [0.2, 0.25) is 0 Å². The van der Waals surface area contributed by atoms with Crippen LogP contribution in [0.5, 0.6) is 5.75 Å². The van der Waals surface area contributed by atoms with Crippen LogP contribution in [-0.4, -0.2) is 22.0 Å². The van der Waals surface area contributed by atoms with Crippen molar-refractivity contribution in [3.05, 3.63) is 30.5 Å². The van der Waals surface area contributed by atoms with Gasteiger partial charge in [0.05, 0.1) is 0 Å². The number of benzene rings is 1. The fourth-order valence-electron chi connectivity index (χ4n) is 2.75. The minimum atomic E-state index is 0.264. The lowest BCUT2D eigenvalue weighted by Crippen LogP contribution is -2.18. The second kappa shape index (κ2) is 5.25. The number of fused-ring (bicyclic) bond motifs is 1. The van der Waals surface area contributed by atoms with Crippen LogP contribution < -0.4 is 5.32 Å². The molecule has 1 fully saturated rings. The first-order chi connectivity index (χ1) is 9.24. The zero-order chi connectivity index (χ0) is 13.2. The summed E-state index contributed by atoms with van der Waals surface area (Å²) in [6, 6.07) is 7.28. The van der Waals surface area contributed by atoms with Gasteiger partial charge in [0.2, 0.25) is 0 Å². The molecule has 4 heteroatoms. The number of aromatic nitrogens is 1. The first-order valence-corrected chi connectivity index (χ1v) is 7.13. The molecule has 2 aromatic rings. The summed E-state index contributed by atoms with van der Waals surface area (Å²) >= 11 is 6.29. The van der Waals surface area contributed by atoms with Gasteiger partial charge in [0.25, 0.3) is 0 Å². The number of phenolic OH excluding ortho intramolecular Hbond substituents is 1. The van der Waals surface area contributed by atoms with Crippen molar-refractivity contribution in [2.75, 3.05) is 11.9 Å². The van der Waals surface area contributed by atoms with Crippen LogP contribution in [0.15, 0.2) is 30.5 Å². The summed E-state index contributed by atoms with van der Waals surface area (Å²) in [5.74, 6) is 1.60. The lowest BCUT2D eigenvalue weighted by Gasteiger charge is -2.16. The molecule has 1 heterocycles. The highest BCUT2D eigenvalue weighted by molar-refractivity contribution is 6.21. The van der Waals surface area contributed by atoms with Crippen LogP contribution in [0.25, 0.3) is 10.8 Å². The maximum absolute atomic E-state index is 9.60. The average molecular weight is 277 g/mol. The lowest BCUT2D eigenvalue weighted by atomic mass is 10.1. The van der Waals surface area contributed by atoms with Gasteiger partial charge in [0.1, 0.15) is 11.6 Å². The summed E-state index contributed by atoms with van der Waals surface area (Å²) in [6.45, 7) is 0.843. The van der Waals surface area contributed by atoms with Crippen LogP contribution >= 0.6 is 11.6 Å². The highest BCUT2D eigenvalue weighted by atomic mass is 35.5. The maximum atomic E-state index is 9.60. The van der Waals surface area contributed by atoms with Gasteiger partial charge in [0, 0.05) is 23.5 Å². The van der Waals surface area contributed by atoms with E-state index < -0.39 is 0 Å². The molecular formula is C15H17ClN2O. The second-order valence-corrected chi connectivity index (χ2v) is 5.71. The van der Waals surface area contributed by atoms with E-state index in [1.807, 2.05) is 12.1 Å². The van der Waals surface area contributed by atoms with E-state index in [1.165, 1.54) is 12.8 Å². The molecule has 0 radical (unpaired) electrons. The van der Waals surface area contributed by atoms with Crippen molar-refractivity contribution in [1.29, 1.82) is 0 Å². The molecule has 1 aromatic carbocycles. The summed E-state index contributed by atoms with van der Waals surface area (Å²) in [7, 11) is 0. The number of phenols is 1. The molecule has 0 bridgehead atoms. The summed E-state index contributed by atoms with van der Waals surface area (Å²) < 4.78 is 0. The smallest absolute Gasteiger partial charge is 0.133 e. The molecule has 1 aliphatic carbocycles. The van der Waals surface area contributed by atoms with E-state index in [4.69, 9.17) is 11.6 Å². The number of anilines is 1. The number of halogens is 1. The maximum Gasteiger partial charge on any atom is 0.133 e. The van der Waals surface area contributed by atoms with Gasteiger partial charge >= 0.3 is 0 Å². The zero-order valence-corrected chi connectivity index (χ0v) is 11.4. The molecule has 0 saturated heterocycles. The van der Waals surface area contributed by atoms with E-state index in [-0.39, 0.29) is 11.1 Å². The Labute approximate surface area is 117 Å². The number of pyridine rings is 1. The van der Waals surface area contributed by atoms with Crippen molar-refractivity contribution in [3.8, 4) is 5.75 Å². The van der Waals surface area contributed by atoms with Crippen LogP contribution in [0.3, 0.4) is 0 Å². The van der Waals surface area contributed by atoms with Crippen molar-refractivity contribution in [2.45, 2.75) is 24.6 Å². The summed E-state index contributed by atoms with van der Waals surface area (Å²) in [5, 5.41) is 15.3. The van der Waals surface area contributed by atoms with Gasteiger partial charge in [-0.15, -0.1) is 11.6 Å². The molecule has 0 spiro atoms. The molecule has 2 atom stereocenters. The Bertz CT molecular complexity index is 587. The number of hydrogen-bond acceptors (Lipinski definition) is 3. The van der Waals surface area contributed by atoms with E-state index in [0.717, 1.165) is 29.6 Å². The van der Waals surface area contributed by atoms with Gasteiger partial charge in [-0.3, -0.25) is 0 Å². The number of alkyl halides is 1. The summed E-state index contributed by atoms with van der Waals surface area (Å²) in [6.07, 6.45) is 5.29.